The summed E-state index contributed by atoms with van der Waals surface area (Å²) in [7, 11) is 1.26. The lowest BCUT2D eigenvalue weighted by Gasteiger charge is -2.08. The van der Waals surface area contributed by atoms with E-state index in [1.54, 1.807) is 12.1 Å². The van der Waals surface area contributed by atoms with Gasteiger partial charge in [0.1, 0.15) is 11.9 Å². The molecule has 2 heterocycles. The van der Waals surface area contributed by atoms with Crippen molar-refractivity contribution in [3.05, 3.63) is 47.5 Å². The summed E-state index contributed by atoms with van der Waals surface area (Å²) in [6.45, 7) is 1.82. The number of carbonyl (C=O) groups is 1. The Morgan fingerprint density at radius 2 is 2.08 bits per heavy atom. The van der Waals surface area contributed by atoms with Crippen molar-refractivity contribution in [1.29, 1.82) is 5.26 Å². The smallest absolute Gasteiger partial charge is 0.357 e. The Hall–Kier alpha value is -3.60. The summed E-state index contributed by atoms with van der Waals surface area (Å²) in [6, 6.07) is 9.18. The van der Waals surface area contributed by atoms with Gasteiger partial charge in [-0.2, -0.15) is 10.4 Å². The number of nitrogens with two attached hydrogens (primary N) is 1. The van der Waals surface area contributed by atoms with Crippen LogP contribution in [0.4, 0.5) is 5.69 Å². The lowest BCUT2D eigenvalue weighted by Crippen LogP contribution is -2.11. The average Bonchev–Trinajstić information content (AvgIpc) is 3.17. The van der Waals surface area contributed by atoms with Crippen molar-refractivity contribution in [2.75, 3.05) is 12.8 Å². The van der Waals surface area contributed by atoms with Gasteiger partial charge in [-0.15, -0.1) is 0 Å². The molecule has 2 aromatic heterocycles. The largest absolute Gasteiger partial charge is 0.464 e. The minimum Gasteiger partial charge on any atom is -0.464 e. The van der Waals surface area contributed by atoms with Crippen molar-refractivity contribution in [3.8, 4) is 23.1 Å². The Labute approximate surface area is 137 Å². The van der Waals surface area contributed by atoms with E-state index in [-0.39, 0.29) is 16.9 Å². The van der Waals surface area contributed by atoms with E-state index < -0.39 is 5.97 Å². The summed E-state index contributed by atoms with van der Waals surface area (Å²) in [4.78, 5) is 16.3. The molecular formula is C16H14N6O2. The van der Waals surface area contributed by atoms with Crippen molar-refractivity contribution in [3.63, 3.8) is 0 Å². The molecule has 0 saturated heterocycles. The zero-order chi connectivity index (χ0) is 17.3. The topological polar surface area (TPSA) is 123 Å². The summed E-state index contributed by atoms with van der Waals surface area (Å²) in [5.74, 6) is 0.693. The van der Waals surface area contributed by atoms with Crippen molar-refractivity contribution in [1.82, 2.24) is 19.7 Å². The minimum atomic E-state index is -0.609. The van der Waals surface area contributed by atoms with Crippen molar-refractivity contribution in [2.24, 2.45) is 0 Å². The summed E-state index contributed by atoms with van der Waals surface area (Å²) in [5, 5.41) is 16.0. The van der Waals surface area contributed by atoms with E-state index in [9.17, 15) is 4.79 Å². The highest BCUT2D eigenvalue weighted by molar-refractivity contribution is 5.96. The van der Waals surface area contributed by atoms with E-state index in [4.69, 9.17) is 15.7 Å². The van der Waals surface area contributed by atoms with E-state index in [1.165, 1.54) is 17.9 Å². The Morgan fingerprint density at radius 3 is 2.62 bits per heavy atom. The van der Waals surface area contributed by atoms with Crippen LogP contribution in [-0.2, 0) is 4.74 Å². The van der Waals surface area contributed by atoms with Gasteiger partial charge in [0, 0.05) is 17.4 Å². The number of benzene rings is 1. The predicted molar refractivity (Wildman–Crippen MR) is 86.3 cm³/mol. The third-order valence-electron chi connectivity index (χ3n) is 3.54. The molecule has 0 amide bonds. The fourth-order valence-electron chi connectivity index (χ4n) is 2.36. The van der Waals surface area contributed by atoms with Gasteiger partial charge in [-0.25, -0.2) is 9.78 Å². The van der Waals surface area contributed by atoms with Gasteiger partial charge in [0.25, 0.3) is 0 Å². The molecule has 1 aromatic carbocycles. The molecule has 0 saturated carbocycles. The summed E-state index contributed by atoms with van der Waals surface area (Å²) in [6.07, 6.45) is 1.51. The van der Waals surface area contributed by atoms with Crippen LogP contribution >= 0.6 is 0 Å². The quantitative estimate of drug-likeness (QED) is 0.709. The number of H-pyrrole nitrogens is 1. The Morgan fingerprint density at radius 1 is 1.38 bits per heavy atom. The fraction of sp³-hybridized carbons (Fsp3) is 0.125. The van der Waals surface area contributed by atoms with Gasteiger partial charge >= 0.3 is 5.97 Å². The maximum Gasteiger partial charge on any atom is 0.357 e. The van der Waals surface area contributed by atoms with Gasteiger partial charge in [-0.05, 0) is 31.2 Å². The van der Waals surface area contributed by atoms with Gasteiger partial charge in [0.05, 0.1) is 18.4 Å². The molecule has 0 fully saturated rings. The maximum atomic E-state index is 12.0. The monoisotopic (exact) mass is 322 g/mol. The van der Waals surface area contributed by atoms with Crippen molar-refractivity contribution < 1.29 is 9.53 Å². The first-order valence-electron chi connectivity index (χ1n) is 7.04. The number of nitriles is 1. The number of methoxy groups -OCH3 is 1. The standard InChI is InChI=1S/C16H14N6O2/c1-9-19-15(21-20-9)10-3-5-12(6-4-10)22-8-11(7-17)13(18)14(22)16(23)24-2/h3-6,8H,18H2,1-2H3,(H,19,20,21). The molecule has 0 radical (unpaired) electrons. The zero-order valence-electron chi connectivity index (χ0n) is 13.1. The number of carbonyl (C=O) groups excluding carboxylic acids is 1. The fourth-order valence-corrected chi connectivity index (χ4v) is 2.36. The average molecular weight is 322 g/mol. The predicted octanol–water partition coefficient (Wildman–Crippen LogP) is 1.81. The Balaban J connectivity index is 2.06. The number of ether oxygens (including phenoxy) is 1. The van der Waals surface area contributed by atoms with E-state index in [1.807, 2.05) is 25.1 Å². The summed E-state index contributed by atoms with van der Waals surface area (Å²) in [5.41, 5.74) is 7.80. The second-order valence-electron chi connectivity index (χ2n) is 5.07. The number of nitrogen functional groups attached to an aromatic ring is 1. The van der Waals surface area contributed by atoms with Crippen LogP contribution in [0.15, 0.2) is 30.5 Å². The van der Waals surface area contributed by atoms with E-state index in [0.29, 0.717) is 11.5 Å². The molecule has 3 rings (SSSR count). The number of hydrogen-bond donors (Lipinski definition) is 2. The second-order valence-corrected chi connectivity index (χ2v) is 5.07. The van der Waals surface area contributed by atoms with E-state index in [2.05, 4.69) is 15.2 Å². The van der Waals surface area contributed by atoms with Crippen LogP contribution in [-0.4, -0.2) is 32.8 Å². The highest BCUT2D eigenvalue weighted by Crippen LogP contribution is 2.26. The molecule has 0 bridgehead atoms. The molecule has 3 aromatic rings. The number of nitrogens with zero attached hydrogens (tertiary/aromatic N) is 4. The molecule has 0 aliphatic carbocycles. The van der Waals surface area contributed by atoms with Crippen LogP contribution < -0.4 is 5.73 Å². The second kappa shape index (κ2) is 5.89. The first-order valence-corrected chi connectivity index (χ1v) is 7.04. The van der Waals surface area contributed by atoms with Crippen LogP contribution in [0, 0.1) is 18.3 Å². The minimum absolute atomic E-state index is 0.0954. The molecule has 0 atom stereocenters. The number of esters is 1. The number of rotatable bonds is 3. The highest BCUT2D eigenvalue weighted by Gasteiger charge is 2.21. The number of aromatic nitrogens is 4. The number of anilines is 1. The molecule has 120 valence electrons. The molecule has 8 heteroatoms. The third kappa shape index (κ3) is 2.48. The number of hydrogen-bond acceptors (Lipinski definition) is 6. The van der Waals surface area contributed by atoms with Gasteiger partial charge in [-0.1, -0.05) is 0 Å². The maximum absolute atomic E-state index is 12.0. The first-order chi connectivity index (χ1) is 11.5. The molecular weight excluding hydrogens is 308 g/mol. The lowest BCUT2D eigenvalue weighted by atomic mass is 10.2. The van der Waals surface area contributed by atoms with Gasteiger partial charge in [-0.3, -0.25) is 5.10 Å². The first kappa shape index (κ1) is 15.3. The van der Waals surface area contributed by atoms with Crippen LogP contribution in [0.2, 0.25) is 0 Å². The van der Waals surface area contributed by atoms with Crippen LogP contribution in [0.1, 0.15) is 21.9 Å². The van der Waals surface area contributed by atoms with E-state index >= 15 is 0 Å². The SMILES string of the molecule is COC(=O)c1c(N)c(C#N)cn1-c1ccc(-c2n[nH]c(C)n2)cc1. The van der Waals surface area contributed by atoms with Crippen LogP contribution in [0.5, 0.6) is 0 Å². The molecule has 3 N–H and O–H groups in total. The molecule has 0 aliphatic heterocycles. The Kier molecular flexibility index (Phi) is 3.75. The number of aryl methyl sites for hydroxylation is 1. The zero-order valence-corrected chi connectivity index (χ0v) is 13.1. The van der Waals surface area contributed by atoms with Crippen LogP contribution in [0.3, 0.4) is 0 Å². The molecule has 0 spiro atoms. The van der Waals surface area contributed by atoms with Crippen molar-refractivity contribution >= 4 is 11.7 Å². The normalized spacial score (nSPS) is 10.4. The molecule has 24 heavy (non-hydrogen) atoms. The van der Waals surface area contributed by atoms with Gasteiger partial charge < -0.3 is 15.0 Å². The third-order valence-corrected chi connectivity index (χ3v) is 3.54. The highest BCUT2D eigenvalue weighted by atomic mass is 16.5. The van der Waals surface area contributed by atoms with Gasteiger partial charge in [0.2, 0.25) is 0 Å². The Bertz CT molecular complexity index is 946. The summed E-state index contributed by atoms with van der Waals surface area (Å²) < 4.78 is 6.29. The molecule has 8 nitrogen and oxygen atoms in total. The van der Waals surface area contributed by atoms with Crippen LogP contribution in [0.25, 0.3) is 17.1 Å². The van der Waals surface area contributed by atoms with Gasteiger partial charge in [0.15, 0.2) is 11.5 Å². The molecule has 0 aliphatic rings. The number of nitrogens with one attached hydrogen (secondary N) is 1. The van der Waals surface area contributed by atoms with E-state index in [0.717, 1.165) is 11.4 Å². The lowest BCUT2D eigenvalue weighted by molar-refractivity contribution is 0.0593. The molecule has 0 unspecified atom stereocenters. The summed E-state index contributed by atoms with van der Waals surface area (Å²) >= 11 is 0. The number of aromatic amines is 1. The van der Waals surface area contributed by atoms with Crippen molar-refractivity contribution in [2.45, 2.75) is 6.92 Å².